The van der Waals surface area contributed by atoms with Crippen molar-refractivity contribution in [3.05, 3.63) is 34.0 Å². The molecule has 1 aliphatic carbocycles. The van der Waals surface area contributed by atoms with Gasteiger partial charge in [0.2, 0.25) is 5.82 Å². The van der Waals surface area contributed by atoms with Gasteiger partial charge in [0.25, 0.3) is 0 Å². The molecule has 1 aliphatic rings. The number of carbonyl (C=O) groups excluding carboxylic acids is 1. The molecule has 1 heterocycles. The third-order valence-corrected chi connectivity index (χ3v) is 4.88. The molecule has 1 saturated carbocycles. The first kappa shape index (κ1) is 20.9. The van der Waals surface area contributed by atoms with E-state index in [1.807, 2.05) is 0 Å². The molecule has 0 unspecified atom stereocenters. The predicted molar refractivity (Wildman–Crippen MR) is 106 cm³/mol. The van der Waals surface area contributed by atoms with Crippen LogP contribution in [-0.4, -0.2) is 35.6 Å². The first-order chi connectivity index (χ1) is 12.8. The number of hydrogen-bond acceptors (Lipinski definition) is 6. The van der Waals surface area contributed by atoms with Crippen LogP contribution in [0, 0.1) is 16.0 Å². The van der Waals surface area contributed by atoms with E-state index >= 15 is 0 Å². The lowest BCUT2D eigenvalue weighted by Crippen LogP contribution is -2.40. The number of carbonyl (C=O) groups is 1. The summed E-state index contributed by atoms with van der Waals surface area (Å²) in [6.45, 7) is 6.66. The molecular weight excluding hydrogens is 346 g/mol. The van der Waals surface area contributed by atoms with Crippen LogP contribution in [0.25, 0.3) is 5.57 Å². The number of methoxy groups -OCH3 is 1. The fourth-order valence-electron chi connectivity index (χ4n) is 3.53. The van der Waals surface area contributed by atoms with E-state index in [1.165, 1.54) is 25.7 Å². The Morgan fingerprint density at radius 1 is 1.41 bits per heavy atom. The number of aromatic nitrogens is 1. The van der Waals surface area contributed by atoms with Crippen LogP contribution < -0.4 is 4.90 Å². The second-order valence-electron chi connectivity index (χ2n) is 7.51. The highest BCUT2D eigenvalue weighted by Gasteiger charge is 2.29. The van der Waals surface area contributed by atoms with Crippen molar-refractivity contribution >= 4 is 23.0 Å². The van der Waals surface area contributed by atoms with Gasteiger partial charge in [0.1, 0.15) is 0 Å². The van der Waals surface area contributed by atoms with Gasteiger partial charge in [-0.25, -0.2) is 9.78 Å². The summed E-state index contributed by atoms with van der Waals surface area (Å²) < 4.78 is 4.63. The van der Waals surface area contributed by atoms with Crippen molar-refractivity contribution in [2.75, 3.05) is 18.6 Å². The molecule has 27 heavy (non-hydrogen) atoms. The van der Waals surface area contributed by atoms with E-state index in [0.29, 0.717) is 22.9 Å². The fraction of sp³-hybridized carbons (Fsp3) is 0.600. The Labute approximate surface area is 160 Å². The zero-order valence-electron chi connectivity index (χ0n) is 16.6. The molecule has 0 saturated heterocycles. The molecule has 0 amide bonds. The highest BCUT2D eigenvalue weighted by atomic mass is 16.6. The summed E-state index contributed by atoms with van der Waals surface area (Å²) in [5, 5.41) is 11.8. The van der Waals surface area contributed by atoms with Gasteiger partial charge >= 0.3 is 11.7 Å². The lowest BCUT2D eigenvalue weighted by molar-refractivity contribution is -0.384. The average Bonchev–Trinajstić information content (AvgIpc) is 2.66. The minimum atomic E-state index is -0.497. The van der Waals surface area contributed by atoms with Gasteiger partial charge in [-0.3, -0.25) is 10.1 Å². The number of nitrogens with zero attached hydrogens (tertiary/aromatic N) is 3. The molecule has 7 nitrogen and oxygen atoms in total. The van der Waals surface area contributed by atoms with Crippen LogP contribution in [0.1, 0.15) is 58.4 Å². The van der Waals surface area contributed by atoms with Gasteiger partial charge in [-0.2, -0.15) is 0 Å². The van der Waals surface area contributed by atoms with Gasteiger partial charge in [0.15, 0.2) is 0 Å². The SMILES string of the molecule is COC(=O)/C=C(\C)c1cnc(N(CC(C)C)C2CCCCC2)c([N+](=O)[O-])c1. The number of anilines is 1. The number of ether oxygens (including phenoxy) is 1. The van der Waals surface area contributed by atoms with Crippen molar-refractivity contribution in [2.24, 2.45) is 5.92 Å². The van der Waals surface area contributed by atoms with Crippen LogP contribution in [0.2, 0.25) is 0 Å². The molecular formula is C20H29N3O4. The molecule has 2 rings (SSSR count). The molecule has 1 fully saturated rings. The summed E-state index contributed by atoms with van der Waals surface area (Å²) in [4.78, 5) is 29.4. The molecule has 0 atom stereocenters. The fourth-order valence-corrected chi connectivity index (χ4v) is 3.53. The molecule has 148 valence electrons. The van der Waals surface area contributed by atoms with Crippen molar-refractivity contribution in [3.8, 4) is 0 Å². The van der Waals surface area contributed by atoms with E-state index in [2.05, 4.69) is 28.5 Å². The van der Waals surface area contributed by atoms with E-state index in [9.17, 15) is 14.9 Å². The zero-order valence-corrected chi connectivity index (χ0v) is 16.6. The Bertz CT molecular complexity index is 709. The lowest BCUT2D eigenvalue weighted by Gasteiger charge is -2.36. The van der Waals surface area contributed by atoms with E-state index in [-0.39, 0.29) is 16.7 Å². The first-order valence-electron chi connectivity index (χ1n) is 9.51. The second-order valence-corrected chi connectivity index (χ2v) is 7.51. The maximum atomic E-state index is 11.8. The van der Waals surface area contributed by atoms with E-state index < -0.39 is 5.97 Å². The quantitative estimate of drug-likeness (QED) is 0.305. The third kappa shape index (κ3) is 5.52. The number of esters is 1. The summed E-state index contributed by atoms with van der Waals surface area (Å²) in [7, 11) is 1.30. The second kappa shape index (κ2) is 9.48. The van der Waals surface area contributed by atoms with Crippen LogP contribution in [0.5, 0.6) is 0 Å². The minimum Gasteiger partial charge on any atom is -0.466 e. The van der Waals surface area contributed by atoms with Gasteiger partial charge < -0.3 is 9.64 Å². The Balaban J connectivity index is 2.44. The smallest absolute Gasteiger partial charge is 0.330 e. The van der Waals surface area contributed by atoms with Crippen molar-refractivity contribution < 1.29 is 14.5 Å². The highest BCUT2D eigenvalue weighted by molar-refractivity contribution is 5.91. The van der Waals surface area contributed by atoms with Gasteiger partial charge in [0.05, 0.1) is 12.0 Å². The summed E-state index contributed by atoms with van der Waals surface area (Å²) in [5.74, 6) is 0.298. The molecule has 0 aromatic carbocycles. The molecule has 0 aliphatic heterocycles. The third-order valence-electron chi connectivity index (χ3n) is 4.88. The van der Waals surface area contributed by atoms with Crippen LogP contribution in [-0.2, 0) is 9.53 Å². The van der Waals surface area contributed by atoms with Crippen LogP contribution in [0.15, 0.2) is 18.3 Å². The normalized spacial score (nSPS) is 15.7. The summed E-state index contributed by atoms with van der Waals surface area (Å²) in [6, 6.07) is 1.79. The molecule has 1 aromatic heterocycles. The van der Waals surface area contributed by atoms with Crippen molar-refractivity contribution in [1.82, 2.24) is 4.98 Å². The van der Waals surface area contributed by atoms with Gasteiger partial charge in [-0.05, 0) is 31.3 Å². The monoisotopic (exact) mass is 375 g/mol. The molecule has 1 aromatic rings. The van der Waals surface area contributed by atoms with Gasteiger partial charge in [-0.15, -0.1) is 0 Å². The van der Waals surface area contributed by atoms with Crippen molar-refractivity contribution in [2.45, 2.75) is 58.9 Å². The van der Waals surface area contributed by atoms with Gasteiger partial charge in [-0.1, -0.05) is 33.1 Å². The lowest BCUT2D eigenvalue weighted by atomic mass is 9.93. The minimum absolute atomic E-state index is 0.0173. The van der Waals surface area contributed by atoms with E-state index in [4.69, 9.17) is 0 Å². The summed E-state index contributed by atoms with van der Waals surface area (Å²) >= 11 is 0. The predicted octanol–water partition coefficient (Wildman–Crippen LogP) is 4.36. The summed E-state index contributed by atoms with van der Waals surface area (Å²) in [6.07, 6.45) is 8.50. The number of allylic oxidation sites excluding steroid dienone is 1. The molecule has 0 radical (unpaired) electrons. The molecule has 0 spiro atoms. The topological polar surface area (TPSA) is 85.6 Å². The number of pyridine rings is 1. The van der Waals surface area contributed by atoms with E-state index in [0.717, 1.165) is 32.2 Å². The highest BCUT2D eigenvalue weighted by Crippen LogP contribution is 2.34. The maximum Gasteiger partial charge on any atom is 0.330 e. The van der Waals surface area contributed by atoms with Crippen molar-refractivity contribution in [3.63, 3.8) is 0 Å². The van der Waals surface area contributed by atoms with Crippen LogP contribution in [0.3, 0.4) is 0 Å². The largest absolute Gasteiger partial charge is 0.466 e. The Kier molecular flexibility index (Phi) is 7.33. The van der Waals surface area contributed by atoms with Crippen LogP contribution in [0.4, 0.5) is 11.5 Å². The molecule has 0 N–H and O–H groups in total. The van der Waals surface area contributed by atoms with Crippen molar-refractivity contribution in [1.29, 1.82) is 0 Å². The summed E-state index contributed by atoms with van der Waals surface area (Å²) in [5.41, 5.74) is 1.11. The van der Waals surface area contributed by atoms with Crippen LogP contribution >= 0.6 is 0 Å². The Morgan fingerprint density at radius 3 is 2.63 bits per heavy atom. The number of rotatable bonds is 7. The molecule has 0 bridgehead atoms. The standard InChI is InChI=1S/C20H29N3O4/c1-14(2)13-22(17-8-6-5-7-9-17)20-18(23(25)26)11-16(12-21-20)15(3)10-19(24)27-4/h10-12,14,17H,5-9,13H2,1-4H3/b15-10+. The van der Waals surface area contributed by atoms with E-state index in [1.54, 1.807) is 13.1 Å². The zero-order chi connectivity index (χ0) is 20.0. The Morgan fingerprint density at radius 2 is 2.07 bits per heavy atom. The average molecular weight is 375 g/mol. The Hall–Kier alpha value is -2.44. The maximum absolute atomic E-state index is 11.8. The molecule has 7 heteroatoms. The number of hydrogen-bond donors (Lipinski definition) is 0. The van der Waals surface area contributed by atoms with Gasteiger partial charge in [0, 0.05) is 36.5 Å². The first-order valence-corrected chi connectivity index (χ1v) is 9.51. The number of nitro groups is 1.